The van der Waals surface area contributed by atoms with Gasteiger partial charge in [-0.3, -0.25) is 10.1 Å². The van der Waals surface area contributed by atoms with Crippen molar-refractivity contribution in [1.82, 2.24) is 19.9 Å². The lowest BCUT2D eigenvalue weighted by Crippen LogP contribution is -2.13. The number of nitrogens with one attached hydrogen (secondary N) is 2. The summed E-state index contributed by atoms with van der Waals surface area (Å²) in [5, 5.41) is 2.62. The molecule has 7 nitrogen and oxygen atoms in total. The Labute approximate surface area is 116 Å². The number of imidazole rings is 1. The van der Waals surface area contributed by atoms with E-state index in [9.17, 15) is 4.79 Å². The number of rotatable bonds is 5. The number of hydrogen-bond donors (Lipinski definition) is 3. The fraction of sp³-hybridized carbons (Fsp3) is 0.273. The van der Waals surface area contributed by atoms with Crippen molar-refractivity contribution < 1.29 is 4.79 Å². The van der Waals surface area contributed by atoms with Gasteiger partial charge < -0.3 is 10.7 Å². The number of halogens is 1. The van der Waals surface area contributed by atoms with Crippen LogP contribution >= 0.6 is 12.4 Å². The van der Waals surface area contributed by atoms with Crippen LogP contribution in [0.25, 0.3) is 0 Å². The van der Waals surface area contributed by atoms with Crippen LogP contribution in [0.2, 0.25) is 0 Å². The summed E-state index contributed by atoms with van der Waals surface area (Å²) in [6.45, 7) is 0. The Bertz CT molecular complexity index is 515. The molecule has 2 rings (SSSR count). The maximum atomic E-state index is 11.6. The van der Waals surface area contributed by atoms with Gasteiger partial charge in [-0.1, -0.05) is 0 Å². The normalized spacial score (nSPS) is 9.68. The minimum atomic E-state index is -0.103. The van der Waals surface area contributed by atoms with Gasteiger partial charge in [0.15, 0.2) is 5.95 Å². The smallest absolute Gasteiger partial charge is 0.229 e. The van der Waals surface area contributed by atoms with Crippen molar-refractivity contribution in [3.8, 4) is 0 Å². The molecule has 0 aromatic carbocycles. The predicted octanol–water partition coefficient (Wildman–Crippen LogP) is 1.17. The standard InChI is InChI=1S/C11H14N6O.ClH/c12-10-15-7-8(16-10)3-1-4-9(18)17-11-13-5-2-6-14-11;/h2,5-7H,1,3-4H2,(H3,12,15,16)(H,13,14,17,18);1H. The van der Waals surface area contributed by atoms with E-state index in [-0.39, 0.29) is 18.3 Å². The SMILES string of the molecule is Cl.Nc1ncc(CCCC(=O)Nc2ncccn2)[nH]1. The molecule has 2 aromatic heterocycles. The minimum absolute atomic E-state index is 0. The third-order valence-electron chi connectivity index (χ3n) is 2.32. The highest BCUT2D eigenvalue weighted by Crippen LogP contribution is 2.05. The van der Waals surface area contributed by atoms with Crippen LogP contribution in [-0.4, -0.2) is 25.8 Å². The zero-order valence-corrected chi connectivity index (χ0v) is 11.0. The van der Waals surface area contributed by atoms with Crippen LogP contribution in [0.4, 0.5) is 11.9 Å². The zero-order chi connectivity index (χ0) is 12.8. The van der Waals surface area contributed by atoms with Crippen LogP contribution in [0.3, 0.4) is 0 Å². The van der Waals surface area contributed by atoms with E-state index in [1.54, 1.807) is 24.7 Å². The highest BCUT2D eigenvalue weighted by Gasteiger charge is 2.04. The monoisotopic (exact) mass is 282 g/mol. The Kier molecular flexibility index (Phi) is 5.74. The highest BCUT2D eigenvalue weighted by atomic mass is 35.5. The molecular formula is C11H15ClN6O. The van der Waals surface area contributed by atoms with Crippen LogP contribution < -0.4 is 11.1 Å². The van der Waals surface area contributed by atoms with Gasteiger partial charge in [-0.2, -0.15) is 0 Å². The van der Waals surface area contributed by atoms with Gasteiger partial charge in [0.2, 0.25) is 11.9 Å². The molecule has 2 aromatic rings. The summed E-state index contributed by atoms with van der Waals surface area (Å²) in [4.78, 5) is 26.2. The number of carbonyl (C=O) groups excluding carboxylic acids is 1. The predicted molar refractivity (Wildman–Crippen MR) is 73.8 cm³/mol. The van der Waals surface area contributed by atoms with E-state index < -0.39 is 0 Å². The summed E-state index contributed by atoms with van der Waals surface area (Å²) in [6, 6.07) is 1.69. The van der Waals surface area contributed by atoms with Gasteiger partial charge in [-0.25, -0.2) is 15.0 Å². The fourth-order valence-corrected chi connectivity index (χ4v) is 1.49. The molecule has 0 radical (unpaired) electrons. The molecule has 0 unspecified atom stereocenters. The van der Waals surface area contributed by atoms with Gasteiger partial charge in [0.05, 0.1) is 6.20 Å². The van der Waals surface area contributed by atoms with Crippen molar-refractivity contribution in [3.63, 3.8) is 0 Å². The lowest BCUT2D eigenvalue weighted by atomic mass is 10.2. The molecule has 0 saturated heterocycles. The molecule has 0 fully saturated rings. The van der Waals surface area contributed by atoms with E-state index in [2.05, 4.69) is 25.3 Å². The molecule has 0 atom stereocenters. The molecule has 1 amide bonds. The van der Waals surface area contributed by atoms with Crippen molar-refractivity contribution in [2.75, 3.05) is 11.1 Å². The number of aromatic nitrogens is 4. The number of aryl methyl sites for hydroxylation is 1. The van der Waals surface area contributed by atoms with E-state index in [0.29, 0.717) is 24.7 Å². The van der Waals surface area contributed by atoms with Crippen molar-refractivity contribution in [1.29, 1.82) is 0 Å². The summed E-state index contributed by atoms with van der Waals surface area (Å²) in [5.41, 5.74) is 6.38. The molecule has 0 saturated carbocycles. The number of nitrogens with zero attached hydrogens (tertiary/aromatic N) is 3. The van der Waals surface area contributed by atoms with E-state index in [0.717, 1.165) is 12.1 Å². The number of hydrogen-bond acceptors (Lipinski definition) is 5. The maximum Gasteiger partial charge on any atom is 0.229 e. The molecule has 102 valence electrons. The second kappa shape index (κ2) is 7.32. The van der Waals surface area contributed by atoms with Crippen LogP contribution in [0.15, 0.2) is 24.7 Å². The summed E-state index contributed by atoms with van der Waals surface area (Å²) < 4.78 is 0. The molecule has 0 bridgehead atoms. The minimum Gasteiger partial charge on any atom is -0.369 e. The third-order valence-corrected chi connectivity index (χ3v) is 2.32. The van der Waals surface area contributed by atoms with Crippen molar-refractivity contribution >= 4 is 30.2 Å². The number of nitrogens with two attached hydrogens (primary N) is 1. The molecule has 2 heterocycles. The highest BCUT2D eigenvalue weighted by molar-refractivity contribution is 5.88. The van der Waals surface area contributed by atoms with Crippen molar-refractivity contribution in [3.05, 3.63) is 30.4 Å². The van der Waals surface area contributed by atoms with Gasteiger partial charge in [0.1, 0.15) is 0 Å². The van der Waals surface area contributed by atoms with E-state index in [4.69, 9.17) is 5.73 Å². The van der Waals surface area contributed by atoms with Gasteiger partial charge in [-0.05, 0) is 18.9 Å². The number of aromatic amines is 1. The fourth-order valence-electron chi connectivity index (χ4n) is 1.49. The first-order valence-corrected chi connectivity index (χ1v) is 5.60. The topological polar surface area (TPSA) is 110 Å². The van der Waals surface area contributed by atoms with Gasteiger partial charge in [0, 0.05) is 24.5 Å². The average Bonchev–Trinajstić information content (AvgIpc) is 2.76. The van der Waals surface area contributed by atoms with Gasteiger partial charge >= 0.3 is 0 Å². The quantitative estimate of drug-likeness (QED) is 0.762. The van der Waals surface area contributed by atoms with E-state index >= 15 is 0 Å². The maximum absolute atomic E-state index is 11.6. The van der Waals surface area contributed by atoms with Gasteiger partial charge in [0.25, 0.3) is 0 Å². The molecular weight excluding hydrogens is 268 g/mol. The van der Waals surface area contributed by atoms with Gasteiger partial charge in [-0.15, -0.1) is 12.4 Å². The zero-order valence-electron chi connectivity index (χ0n) is 10.2. The number of carbonyl (C=O) groups is 1. The second-order valence-electron chi connectivity index (χ2n) is 3.77. The first-order valence-electron chi connectivity index (χ1n) is 5.60. The number of anilines is 2. The Hall–Kier alpha value is -2.15. The second-order valence-corrected chi connectivity index (χ2v) is 3.77. The molecule has 0 spiro atoms. The number of nitrogen functional groups attached to an aromatic ring is 1. The lowest BCUT2D eigenvalue weighted by Gasteiger charge is -2.02. The average molecular weight is 283 g/mol. The Morgan fingerprint density at radius 2 is 2.05 bits per heavy atom. The molecule has 0 aliphatic rings. The first-order chi connectivity index (χ1) is 8.74. The van der Waals surface area contributed by atoms with Crippen molar-refractivity contribution in [2.45, 2.75) is 19.3 Å². The molecule has 19 heavy (non-hydrogen) atoms. The lowest BCUT2D eigenvalue weighted by molar-refractivity contribution is -0.116. The largest absolute Gasteiger partial charge is 0.369 e. The molecule has 0 aliphatic carbocycles. The van der Waals surface area contributed by atoms with Crippen LogP contribution in [0, 0.1) is 0 Å². The Morgan fingerprint density at radius 3 is 2.68 bits per heavy atom. The molecule has 4 N–H and O–H groups in total. The van der Waals surface area contributed by atoms with Crippen LogP contribution in [0.5, 0.6) is 0 Å². The van der Waals surface area contributed by atoms with E-state index in [1.165, 1.54) is 0 Å². The third kappa shape index (κ3) is 4.92. The summed E-state index contributed by atoms with van der Waals surface area (Å²) in [5.74, 6) is 0.620. The molecule has 0 aliphatic heterocycles. The first kappa shape index (κ1) is 14.9. The van der Waals surface area contributed by atoms with Crippen LogP contribution in [-0.2, 0) is 11.2 Å². The molecule has 8 heteroatoms. The Balaban J connectivity index is 0.00000180. The van der Waals surface area contributed by atoms with E-state index in [1.807, 2.05) is 0 Å². The van der Waals surface area contributed by atoms with Crippen molar-refractivity contribution in [2.24, 2.45) is 0 Å². The number of amides is 1. The summed E-state index contributed by atoms with van der Waals surface area (Å²) >= 11 is 0. The summed E-state index contributed by atoms with van der Waals surface area (Å²) in [6.07, 6.45) is 6.67. The number of H-pyrrole nitrogens is 1. The Morgan fingerprint density at radius 1 is 1.32 bits per heavy atom. The van der Waals surface area contributed by atoms with Crippen LogP contribution in [0.1, 0.15) is 18.5 Å². The summed E-state index contributed by atoms with van der Waals surface area (Å²) in [7, 11) is 0.